The van der Waals surface area contributed by atoms with Crippen LogP contribution >= 0.6 is 0 Å². The second kappa shape index (κ2) is 4.34. The van der Waals surface area contributed by atoms with E-state index in [0.717, 1.165) is 24.3 Å². The van der Waals surface area contributed by atoms with Gasteiger partial charge in [-0.2, -0.15) is 13.2 Å². The molecule has 2 N–H and O–H groups in total. The summed E-state index contributed by atoms with van der Waals surface area (Å²) >= 11 is 0. The Labute approximate surface area is 88.4 Å². The van der Waals surface area contributed by atoms with Crippen molar-refractivity contribution in [2.24, 2.45) is 5.73 Å². The lowest BCUT2D eigenvalue weighted by atomic mass is 10.1. The van der Waals surface area contributed by atoms with Crippen molar-refractivity contribution >= 4 is 12.0 Å². The van der Waals surface area contributed by atoms with Gasteiger partial charge < -0.3 is 5.73 Å². The minimum atomic E-state index is -4.59. The van der Waals surface area contributed by atoms with Crippen LogP contribution in [0.25, 0.3) is 6.08 Å². The molecule has 0 aromatic heterocycles. The number of alkyl halides is 3. The fourth-order valence-corrected chi connectivity index (χ4v) is 1.01. The highest BCUT2D eigenvalue weighted by Crippen LogP contribution is 2.30. The van der Waals surface area contributed by atoms with Crippen LogP contribution in [0.1, 0.15) is 11.1 Å². The standard InChI is InChI=1S/C10H7F4NO/c11-8-5-7(10(12,13)14)3-1-6(8)2-4-9(15)16/h1-5H,(H2,15,16)/b4-2+. The van der Waals surface area contributed by atoms with Gasteiger partial charge in [0.1, 0.15) is 5.82 Å². The molecule has 0 atom stereocenters. The lowest BCUT2D eigenvalue weighted by molar-refractivity contribution is -0.137. The molecule has 0 radical (unpaired) electrons. The van der Waals surface area contributed by atoms with Crippen LogP contribution in [-0.4, -0.2) is 5.91 Å². The Morgan fingerprint density at radius 3 is 2.38 bits per heavy atom. The number of carbonyl (C=O) groups excluding carboxylic acids is 1. The number of benzene rings is 1. The minimum absolute atomic E-state index is 0.133. The molecule has 1 aromatic carbocycles. The normalized spacial score (nSPS) is 12.0. The molecule has 6 heteroatoms. The molecule has 86 valence electrons. The van der Waals surface area contributed by atoms with E-state index in [1.165, 1.54) is 0 Å². The average Bonchev–Trinajstić information content (AvgIpc) is 2.14. The molecule has 0 unspecified atom stereocenters. The van der Waals surface area contributed by atoms with Crippen LogP contribution in [0.3, 0.4) is 0 Å². The average molecular weight is 233 g/mol. The minimum Gasteiger partial charge on any atom is -0.366 e. The van der Waals surface area contributed by atoms with Gasteiger partial charge in [0.25, 0.3) is 0 Å². The van der Waals surface area contributed by atoms with Crippen molar-refractivity contribution in [2.45, 2.75) is 6.18 Å². The van der Waals surface area contributed by atoms with Crippen LogP contribution in [0.4, 0.5) is 17.6 Å². The van der Waals surface area contributed by atoms with Crippen molar-refractivity contribution in [3.05, 3.63) is 41.2 Å². The molecule has 0 aliphatic rings. The third-order valence-corrected chi connectivity index (χ3v) is 1.75. The van der Waals surface area contributed by atoms with E-state index in [1.807, 2.05) is 0 Å². The Balaban J connectivity index is 3.05. The highest BCUT2D eigenvalue weighted by Gasteiger charge is 2.30. The van der Waals surface area contributed by atoms with Gasteiger partial charge in [0.15, 0.2) is 0 Å². The Bertz CT molecular complexity index is 437. The SMILES string of the molecule is NC(=O)/C=C/c1ccc(C(F)(F)F)cc1F. The van der Waals surface area contributed by atoms with E-state index in [4.69, 9.17) is 5.73 Å². The molecule has 1 aromatic rings. The molecule has 0 fully saturated rings. The molecule has 0 saturated heterocycles. The molecule has 1 rings (SSSR count). The van der Waals surface area contributed by atoms with Gasteiger partial charge in [-0.3, -0.25) is 4.79 Å². The number of carbonyl (C=O) groups is 1. The van der Waals surface area contributed by atoms with Crippen molar-refractivity contribution in [2.75, 3.05) is 0 Å². The topological polar surface area (TPSA) is 43.1 Å². The van der Waals surface area contributed by atoms with Gasteiger partial charge in [-0.1, -0.05) is 6.07 Å². The summed E-state index contributed by atoms with van der Waals surface area (Å²) in [4.78, 5) is 10.3. The van der Waals surface area contributed by atoms with E-state index in [1.54, 1.807) is 0 Å². The van der Waals surface area contributed by atoms with E-state index in [-0.39, 0.29) is 5.56 Å². The Morgan fingerprint density at radius 2 is 1.94 bits per heavy atom. The molecule has 0 bridgehead atoms. The third-order valence-electron chi connectivity index (χ3n) is 1.75. The van der Waals surface area contributed by atoms with Crippen molar-refractivity contribution in [1.82, 2.24) is 0 Å². The first-order valence-corrected chi connectivity index (χ1v) is 4.15. The lowest BCUT2D eigenvalue weighted by Gasteiger charge is -2.07. The molecule has 0 heterocycles. The van der Waals surface area contributed by atoms with Crippen molar-refractivity contribution in [1.29, 1.82) is 0 Å². The molecule has 2 nitrogen and oxygen atoms in total. The van der Waals surface area contributed by atoms with Crippen LogP contribution in [0.2, 0.25) is 0 Å². The number of hydrogen-bond donors (Lipinski definition) is 1. The number of nitrogens with two attached hydrogens (primary N) is 1. The Morgan fingerprint density at radius 1 is 1.31 bits per heavy atom. The highest BCUT2D eigenvalue weighted by atomic mass is 19.4. The fraction of sp³-hybridized carbons (Fsp3) is 0.100. The summed E-state index contributed by atoms with van der Waals surface area (Å²) in [5, 5.41) is 0. The second-order valence-corrected chi connectivity index (χ2v) is 2.97. The molecule has 0 aliphatic heterocycles. The van der Waals surface area contributed by atoms with Gasteiger partial charge in [0.05, 0.1) is 5.56 Å². The monoisotopic (exact) mass is 233 g/mol. The van der Waals surface area contributed by atoms with Crippen molar-refractivity contribution < 1.29 is 22.4 Å². The van der Waals surface area contributed by atoms with E-state index >= 15 is 0 Å². The molecule has 16 heavy (non-hydrogen) atoms. The van der Waals surface area contributed by atoms with Gasteiger partial charge in [-0.25, -0.2) is 4.39 Å². The molecule has 0 aliphatic carbocycles. The van der Waals surface area contributed by atoms with Crippen LogP contribution in [-0.2, 0) is 11.0 Å². The van der Waals surface area contributed by atoms with Crippen molar-refractivity contribution in [3.63, 3.8) is 0 Å². The quantitative estimate of drug-likeness (QED) is 0.618. The molecular weight excluding hydrogens is 226 g/mol. The van der Waals surface area contributed by atoms with Gasteiger partial charge in [0, 0.05) is 11.6 Å². The van der Waals surface area contributed by atoms with Crippen LogP contribution in [0, 0.1) is 5.82 Å². The van der Waals surface area contributed by atoms with Gasteiger partial charge in [-0.05, 0) is 18.2 Å². The Kier molecular flexibility index (Phi) is 3.31. The summed E-state index contributed by atoms with van der Waals surface area (Å²) in [7, 11) is 0. The lowest BCUT2D eigenvalue weighted by Crippen LogP contribution is -2.06. The smallest absolute Gasteiger partial charge is 0.366 e. The molecule has 0 saturated carbocycles. The summed E-state index contributed by atoms with van der Waals surface area (Å²) in [6.07, 6.45) is -2.71. The number of primary amides is 1. The van der Waals surface area contributed by atoms with Crippen LogP contribution in [0.15, 0.2) is 24.3 Å². The van der Waals surface area contributed by atoms with Gasteiger partial charge in [-0.15, -0.1) is 0 Å². The zero-order valence-corrected chi connectivity index (χ0v) is 7.88. The highest BCUT2D eigenvalue weighted by molar-refractivity contribution is 5.90. The summed E-state index contributed by atoms with van der Waals surface area (Å²) in [6.45, 7) is 0. The predicted octanol–water partition coefficient (Wildman–Crippen LogP) is 2.34. The molecule has 0 spiro atoms. The van der Waals surface area contributed by atoms with E-state index in [2.05, 4.69) is 0 Å². The first-order chi connectivity index (χ1) is 7.30. The first kappa shape index (κ1) is 12.2. The summed E-state index contributed by atoms with van der Waals surface area (Å²) in [5.41, 5.74) is 3.55. The van der Waals surface area contributed by atoms with Gasteiger partial charge >= 0.3 is 6.18 Å². The largest absolute Gasteiger partial charge is 0.416 e. The number of amides is 1. The van der Waals surface area contributed by atoms with Crippen LogP contribution in [0.5, 0.6) is 0 Å². The number of halogens is 4. The van der Waals surface area contributed by atoms with Gasteiger partial charge in [0.2, 0.25) is 5.91 Å². The maximum absolute atomic E-state index is 13.1. The van der Waals surface area contributed by atoms with Crippen LogP contribution < -0.4 is 5.73 Å². The second-order valence-electron chi connectivity index (χ2n) is 2.97. The third kappa shape index (κ3) is 3.08. The predicted molar refractivity (Wildman–Crippen MR) is 49.6 cm³/mol. The van der Waals surface area contributed by atoms with E-state index in [9.17, 15) is 22.4 Å². The van der Waals surface area contributed by atoms with E-state index < -0.39 is 23.5 Å². The summed E-state index contributed by atoms with van der Waals surface area (Å²) < 4.78 is 49.6. The zero-order chi connectivity index (χ0) is 12.3. The summed E-state index contributed by atoms with van der Waals surface area (Å²) in [5.74, 6) is -1.87. The van der Waals surface area contributed by atoms with Crippen molar-refractivity contribution in [3.8, 4) is 0 Å². The number of rotatable bonds is 2. The fourth-order valence-electron chi connectivity index (χ4n) is 1.01. The van der Waals surface area contributed by atoms with E-state index in [0.29, 0.717) is 6.07 Å². The molecule has 1 amide bonds. The maximum Gasteiger partial charge on any atom is 0.416 e. The summed E-state index contributed by atoms with van der Waals surface area (Å²) in [6, 6.07) is 2.02. The zero-order valence-electron chi connectivity index (χ0n) is 7.88. The first-order valence-electron chi connectivity index (χ1n) is 4.15. The Hall–Kier alpha value is -1.85. The molecular formula is C10H7F4NO. The number of hydrogen-bond acceptors (Lipinski definition) is 1. The maximum atomic E-state index is 13.1.